The number of hydrogen-bond acceptors (Lipinski definition) is 3. The number of sulfonamides is 1. The van der Waals surface area contributed by atoms with Crippen LogP contribution in [0.15, 0.2) is 35.7 Å². The fourth-order valence-electron chi connectivity index (χ4n) is 2.08. The molecule has 1 aromatic rings. The molecule has 1 aliphatic heterocycles. The lowest BCUT2D eigenvalue weighted by atomic mass is 10.0. The van der Waals surface area contributed by atoms with Gasteiger partial charge in [-0.3, -0.25) is 0 Å². The molecule has 0 aliphatic carbocycles. The molecular formula is C14H17NO3S. The van der Waals surface area contributed by atoms with Gasteiger partial charge in [-0.15, -0.1) is 0 Å². The number of nitrogens with zero attached hydrogens (tertiary/aromatic N) is 1. The molecule has 1 fully saturated rings. The summed E-state index contributed by atoms with van der Waals surface area (Å²) in [4.78, 5) is 10.6. The summed E-state index contributed by atoms with van der Waals surface area (Å²) in [6.07, 6.45) is 3.74. The molecule has 0 bridgehead atoms. The van der Waals surface area contributed by atoms with Crippen LogP contribution in [0.4, 0.5) is 0 Å². The largest absolute Gasteiger partial charge is 0.303 e. The summed E-state index contributed by atoms with van der Waals surface area (Å²) in [6.45, 7) is 0.843. The molecule has 1 aliphatic rings. The topological polar surface area (TPSA) is 54.5 Å². The maximum atomic E-state index is 12.1. The Kier molecular flexibility index (Phi) is 4.50. The minimum atomic E-state index is -3.38. The number of carbonyl (C=O) groups excluding carboxylic acids is 1. The zero-order chi connectivity index (χ0) is 13.7. The number of rotatable bonds is 4. The molecule has 0 unspecified atom stereocenters. The van der Waals surface area contributed by atoms with Crippen LogP contribution in [0.2, 0.25) is 0 Å². The van der Waals surface area contributed by atoms with Gasteiger partial charge in [0.1, 0.15) is 6.29 Å². The highest BCUT2D eigenvalue weighted by Gasteiger charge is 2.25. The van der Waals surface area contributed by atoms with Crippen molar-refractivity contribution in [1.29, 1.82) is 0 Å². The van der Waals surface area contributed by atoms with Gasteiger partial charge in [0, 0.05) is 24.4 Å². The van der Waals surface area contributed by atoms with Gasteiger partial charge in [0.25, 0.3) is 0 Å². The minimum Gasteiger partial charge on any atom is -0.303 e. The molecule has 1 heterocycles. The summed E-state index contributed by atoms with van der Waals surface area (Å²) >= 11 is 0. The highest BCUT2D eigenvalue weighted by atomic mass is 32.2. The predicted octanol–water partition coefficient (Wildman–Crippen LogP) is 1.90. The Labute approximate surface area is 113 Å². The first-order chi connectivity index (χ1) is 9.12. The van der Waals surface area contributed by atoms with Crippen LogP contribution < -0.4 is 0 Å². The van der Waals surface area contributed by atoms with E-state index in [-0.39, 0.29) is 5.92 Å². The first-order valence-electron chi connectivity index (χ1n) is 6.30. The van der Waals surface area contributed by atoms with E-state index in [1.165, 1.54) is 9.71 Å². The molecule has 102 valence electrons. The Morgan fingerprint density at radius 2 is 1.74 bits per heavy atom. The second kappa shape index (κ2) is 6.12. The van der Waals surface area contributed by atoms with Crippen molar-refractivity contribution in [2.45, 2.75) is 12.8 Å². The molecule has 2 rings (SSSR count). The Hall–Kier alpha value is -1.46. The third-order valence-electron chi connectivity index (χ3n) is 3.28. The Morgan fingerprint density at radius 1 is 1.11 bits per heavy atom. The van der Waals surface area contributed by atoms with E-state index in [0.717, 1.165) is 11.8 Å². The van der Waals surface area contributed by atoms with Crippen LogP contribution >= 0.6 is 0 Å². The average Bonchev–Trinajstić information content (AvgIpc) is 2.46. The van der Waals surface area contributed by atoms with E-state index in [1.54, 1.807) is 6.08 Å². The maximum Gasteiger partial charge on any atom is 0.236 e. The van der Waals surface area contributed by atoms with Gasteiger partial charge in [0.05, 0.1) is 0 Å². The quantitative estimate of drug-likeness (QED) is 0.791. The average molecular weight is 279 g/mol. The highest BCUT2D eigenvalue weighted by Crippen LogP contribution is 2.19. The van der Waals surface area contributed by atoms with E-state index in [4.69, 9.17) is 0 Å². The summed E-state index contributed by atoms with van der Waals surface area (Å²) in [6, 6.07) is 9.31. The van der Waals surface area contributed by atoms with Gasteiger partial charge in [-0.25, -0.2) is 8.42 Å². The number of aldehydes is 1. The molecule has 0 saturated carbocycles. The van der Waals surface area contributed by atoms with Crippen LogP contribution in [0.1, 0.15) is 18.4 Å². The lowest BCUT2D eigenvalue weighted by Gasteiger charge is -2.27. The summed E-state index contributed by atoms with van der Waals surface area (Å²) in [5.41, 5.74) is 0.855. The van der Waals surface area contributed by atoms with E-state index >= 15 is 0 Å². The lowest BCUT2D eigenvalue weighted by molar-refractivity contribution is -0.112. The normalized spacial score (nSPS) is 18.7. The smallest absolute Gasteiger partial charge is 0.236 e. The van der Waals surface area contributed by atoms with Gasteiger partial charge in [-0.1, -0.05) is 30.3 Å². The predicted molar refractivity (Wildman–Crippen MR) is 74.8 cm³/mol. The first kappa shape index (κ1) is 14.0. The fourth-order valence-corrected chi connectivity index (χ4v) is 3.30. The van der Waals surface area contributed by atoms with Crippen molar-refractivity contribution in [3.8, 4) is 0 Å². The van der Waals surface area contributed by atoms with E-state index < -0.39 is 10.0 Å². The molecular weight excluding hydrogens is 262 g/mol. The summed E-state index contributed by atoms with van der Waals surface area (Å²) in [7, 11) is -3.38. The molecule has 0 atom stereocenters. The molecule has 0 aromatic heterocycles. The van der Waals surface area contributed by atoms with Gasteiger partial charge in [0.15, 0.2) is 0 Å². The minimum absolute atomic E-state index is 0.00422. The molecule has 19 heavy (non-hydrogen) atoms. The molecule has 4 nitrogen and oxygen atoms in total. The molecule has 0 spiro atoms. The maximum absolute atomic E-state index is 12.1. The first-order valence-corrected chi connectivity index (χ1v) is 7.81. The Balaban J connectivity index is 2.03. The van der Waals surface area contributed by atoms with Gasteiger partial charge in [-0.2, -0.15) is 4.31 Å². The third-order valence-corrected chi connectivity index (χ3v) is 4.85. The summed E-state index contributed by atoms with van der Waals surface area (Å²) < 4.78 is 25.6. The number of carbonyl (C=O) groups is 1. The van der Waals surface area contributed by atoms with E-state index in [2.05, 4.69) is 0 Å². The molecule has 1 aromatic carbocycles. The van der Waals surface area contributed by atoms with E-state index in [1.807, 2.05) is 30.3 Å². The van der Waals surface area contributed by atoms with Gasteiger partial charge < -0.3 is 4.79 Å². The monoisotopic (exact) mass is 279 g/mol. The van der Waals surface area contributed by atoms with Crippen LogP contribution in [0.25, 0.3) is 6.08 Å². The second-order valence-corrected chi connectivity index (χ2v) is 6.45. The summed E-state index contributed by atoms with van der Waals surface area (Å²) in [5.74, 6) is 0.00422. The van der Waals surface area contributed by atoms with Crippen molar-refractivity contribution in [1.82, 2.24) is 4.31 Å². The Bertz CT molecular complexity index is 543. The lowest BCUT2D eigenvalue weighted by Crippen LogP contribution is -2.37. The van der Waals surface area contributed by atoms with Gasteiger partial charge in [-0.05, 0) is 24.5 Å². The van der Waals surface area contributed by atoms with Crippen molar-refractivity contribution in [3.63, 3.8) is 0 Å². The SMILES string of the molecule is O=CC1CCN(S(=O)(=O)C=Cc2ccccc2)CC1. The number of piperidine rings is 1. The van der Waals surface area contributed by atoms with Crippen LogP contribution in [-0.4, -0.2) is 32.1 Å². The van der Waals surface area contributed by atoms with Crippen molar-refractivity contribution < 1.29 is 13.2 Å². The van der Waals surface area contributed by atoms with Gasteiger partial charge >= 0.3 is 0 Å². The van der Waals surface area contributed by atoms with Crippen LogP contribution in [0.3, 0.4) is 0 Å². The van der Waals surface area contributed by atoms with Crippen molar-refractivity contribution >= 4 is 22.4 Å². The molecule has 0 N–H and O–H groups in total. The van der Waals surface area contributed by atoms with E-state index in [9.17, 15) is 13.2 Å². The number of hydrogen-bond donors (Lipinski definition) is 0. The zero-order valence-electron chi connectivity index (χ0n) is 10.6. The molecule has 5 heteroatoms. The highest BCUT2D eigenvalue weighted by molar-refractivity contribution is 7.92. The van der Waals surface area contributed by atoms with Crippen molar-refractivity contribution in [2.24, 2.45) is 5.92 Å². The molecule has 1 saturated heterocycles. The third kappa shape index (κ3) is 3.75. The van der Waals surface area contributed by atoms with Crippen LogP contribution in [-0.2, 0) is 14.8 Å². The Morgan fingerprint density at radius 3 is 2.32 bits per heavy atom. The van der Waals surface area contributed by atoms with Crippen LogP contribution in [0.5, 0.6) is 0 Å². The van der Waals surface area contributed by atoms with E-state index in [0.29, 0.717) is 25.9 Å². The van der Waals surface area contributed by atoms with Crippen molar-refractivity contribution in [3.05, 3.63) is 41.3 Å². The van der Waals surface area contributed by atoms with Crippen LogP contribution in [0, 0.1) is 5.92 Å². The molecule has 0 radical (unpaired) electrons. The molecule has 0 amide bonds. The fraction of sp³-hybridized carbons (Fsp3) is 0.357. The summed E-state index contributed by atoms with van der Waals surface area (Å²) in [5, 5.41) is 1.24. The number of benzene rings is 1. The second-order valence-electron chi connectivity index (χ2n) is 4.63. The standard InChI is InChI=1S/C14H17NO3S/c16-12-14-6-9-15(10-7-14)19(17,18)11-8-13-4-2-1-3-5-13/h1-5,8,11-12,14H,6-7,9-10H2. The zero-order valence-corrected chi connectivity index (χ0v) is 11.4. The van der Waals surface area contributed by atoms with Gasteiger partial charge in [0.2, 0.25) is 10.0 Å². The van der Waals surface area contributed by atoms with Crippen molar-refractivity contribution in [2.75, 3.05) is 13.1 Å².